The van der Waals surface area contributed by atoms with E-state index >= 15 is 0 Å². The van der Waals surface area contributed by atoms with Crippen molar-refractivity contribution < 1.29 is 4.74 Å². The lowest BCUT2D eigenvalue weighted by molar-refractivity contribution is -0.0383. The molecule has 26 heavy (non-hydrogen) atoms. The zero-order valence-electron chi connectivity index (χ0n) is 16.1. The first-order valence-electron chi connectivity index (χ1n) is 9.64. The Hall–Kier alpha value is -1.07. The van der Waals surface area contributed by atoms with Gasteiger partial charge in [-0.05, 0) is 76.6 Å². The van der Waals surface area contributed by atoms with Gasteiger partial charge in [0.2, 0.25) is 0 Å². The average Bonchev–Trinajstić information content (AvgIpc) is 2.60. The second-order valence-corrected chi connectivity index (χ2v) is 9.90. The summed E-state index contributed by atoms with van der Waals surface area (Å²) in [4.78, 5) is 0. The average molecular weight is 461 g/mol. The second kappa shape index (κ2) is 6.83. The summed E-state index contributed by atoms with van der Waals surface area (Å²) in [5.74, 6) is 0.487. The van der Waals surface area contributed by atoms with Crippen molar-refractivity contribution in [2.45, 2.75) is 58.1 Å². The predicted molar refractivity (Wildman–Crippen MR) is 117 cm³/mol. The molecule has 2 heterocycles. The number of ether oxygens (including phenoxy) is 1. The van der Waals surface area contributed by atoms with E-state index in [0.717, 1.165) is 13.0 Å². The van der Waals surface area contributed by atoms with Crippen molar-refractivity contribution in [3.8, 4) is 0 Å². The molecule has 0 bridgehead atoms. The van der Waals surface area contributed by atoms with Gasteiger partial charge in [0.25, 0.3) is 0 Å². The molecule has 2 aromatic carbocycles. The molecular weight excluding hydrogens is 433 g/mol. The van der Waals surface area contributed by atoms with E-state index in [1.54, 1.807) is 0 Å². The van der Waals surface area contributed by atoms with Gasteiger partial charge in [0.05, 0.1) is 12.1 Å². The number of benzene rings is 2. The molecule has 2 aromatic rings. The molecule has 3 unspecified atom stereocenters. The van der Waals surface area contributed by atoms with Crippen LogP contribution in [0.3, 0.4) is 0 Å². The van der Waals surface area contributed by atoms with Crippen molar-refractivity contribution in [2.75, 3.05) is 11.9 Å². The maximum Gasteiger partial charge on any atom is 0.0895 e. The highest BCUT2D eigenvalue weighted by atomic mass is 127. The lowest BCUT2D eigenvalue weighted by Crippen LogP contribution is -2.37. The van der Waals surface area contributed by atoms with E-state index in [1.165, 1.54) is 37.9 Å². The van der Waals surface area contributed by atoms with Crippen LogP contribution in [0.25, 0.3) is 0 Å². The maximum absolute atomic E-state index is 6.37. The van der Waals surface area contributed by atoms with Crippen LogP contribution in [0.4, 0.5) is 5.69 Å². The van der Waals surface area contributed by atoms with E-state index in [1.807, 2.05) is 0 Å². The fourth-order valence-electron chi connectivity index (χ4n) is 4.46. The molecule has 1 fully saturated rings. The molecule has 0 radical (unpaired) electrons. The summed E-state index contributed by atoms with van der Waals surface area (Å²) in [7, 11) is 0. The zero-order chi connectivity index (χ0) is 18.5. The predicted octanol–water partition coefficient (Wildman–Crippen LogP) is 6.53. The number of hydrogen-bond acceptors (Lipinski definition) is 2. The summed E-state index contributed by atoms with van der Waals surface area (Å²) in [5.41, 5.74) is 6.94. The van der Waals surface area contributed by atoms with Crippen molar-refractivity contribution in [3.63, 3.8) is 0 Å². The van der Waals surface area contributed by atoms with Crippen molar-refractivity contribution in [2.24, 2.45) is 5.92 Å². The van der Waals surface area contributed by atoms with Gasteiger partial charge >= 0.3 is 0 Å². The highest BCUT2D eigenvalue weighted by Crippen LogP contribution is 2.50. The number of halogens is 1. The number of hydrogen-bond donors (Lipinski definition) is 1. The van der Waals surface area contributed by atoms with Crippen molar-refractivity contribution >= 4 is 28.3 Å². The first kappa shape index (κ1) is 18.3. The first-order valence-corrected chi connectivity index (χ1v) is 10.7. The normalized spacial score (nSPS) is 25.2. The van der Waals surface area contributed by atoms with E-state index < -0.39 is 0 Å². The number of nitrogens with one attached hydrogen (secondary N) is 1. The van der Waals surface area contributed by atoms with Crippen molar-refractivity contribution in [1.29, 1.82) is 0 Å². The van der Waals surface area contributed by atoms with Crippen LogP contribution in [0, 0.1) is 16.4 Å². The largest absolute Gasteiger partial charge is 0.377 e. The van der Waals surface area contributed by atoms with Gasteiger partial charge in [-0.1, -0.05) is 45.0 Å². The van der Waals surface area contributed by atoms with E-state index in [0.29, 0.717) is 12.0 Å². The zero-order valence-corrected chi connectivity index (χ0v) is 18.3. The summed E-state index contributed by atoms with van der Waals surface area (Å²) in [5, 5.41) is 3.89. The highest BCUT2D eigenvalue weighted by Gasteiger charge is 2.41. The molecular formula is C23H28INO. The lowest BCUT2D eigenvalue weighted by atomic mass is 9.75. The van der Waals surface area contributed by atoms with Crippen LogP contribution in [0.5, 0.6) is 0 Å². The third kappa shape index (κ3) is 3.18. The van der Waals surface area contributed by atoms with Crippen molar-refractivity contribution in [3.05, 3.63) is 62.2 Å². The summed E-state index contributed by atoms with van der Waals surface area (Å²) in [6.45, 7) is 9.95. The first-order chi connectivity index (χ1) is 12.4. The van der Waals surface area contributed by atoms with Gasteiger partial charge in [0.1, 0.15) is 0 Å². The number of fused-ring (bicyclic) bond motifs is 3. The van der Waals surface area contributed by atoms with Gasteiger partial charge < -0.3 is 10.1 Å². The van der Waals surface area contributed by atoms with E-state index in [-0.39, 0.29) is 11.5 Å². The maximum atomic E-state index is 6.37. The van der Waals surface area contributed by atoms with Crippen LogP contribution in [-0.2, 0) is 10.2 Å². The Morgan fingerprint density at radius 2 is 1.96 bits per heavy atom. The number of anilines is 1. The van der Waals surface area contributed by atoms with Gasteiger partial charge in [-0.2, -0.15) is 0 Å². The molecule has 3 atom stereocenters. The van der Waals surface area contributed by atoms with Crippen LogP contribution < -0.4 is 5.32 Å². The minimum absolute atomic E-state index is 0.154. The quantitative estimate of drug-likeness (QED) is 0.488. The molecule has 0 aliphatic carbocycles. The van der Waals surface area contributed by atoms with E-state index in [2.05, 4.69) is 92.0 Å². The summed E-state index contributed by atoms with van der Waals surface area (Å²) >= 11 is 2.49. The van der Waals surface area contributed by atoms with Crippen molar-refractivity contribution in [1.82, 2.24) is 0 Å². The lowest BCUT2D eigenvalue weighted by Gasteiger charge is -2.44. The Labute approximate surface area is 170 Å². The molecule has 2 nitrogen and oxygen atoms in total. The van der Waals surface area contributed by atoms with E-state index in [4.69, 9.17) is 4.74 Å². The standard InChI is InChI=1S/C23H28INO/c1-14-7-5-9-18(24)20(14)21-16-8-6-12-26-22(16)17-13-15(23(2,3)4)10-11-19(17)25-21/h5,7,9-11,13,16,21-22,25H,6,8,12H2,1-4H3. The van der Waals surface area contributed by atoms with Gasteiger partial charge in [-0.3, -0.25) is 0 Å². The molecule has 2 aliphatic heterocycles. The molecule has 0 saturated carbocycles. The van der Waals surface area contributed by atoms with Crippen LogP contribution >= 0.6 is 22.6 Å². The van der Waals surface area contributed by atoms with Gasteiger partial charge in [0.15, 0.2) is 0 Å². The van der Waals surface area contributed by atoms with Crippen LogP contribution in [0.2, 0.25) is 0 Å². The van der Waals surface area contributed by atoms with Crippen LogP contribution in [0.15, 0.2) is 36.4 Å². The highest BCUT2D eigenvalue weighted by molar-refractivity contribution is 14.1. The van der Waals surface area contributed by atoms with Gasteiger partial charge in [0, 0.05) is 27.3 Å². The fraction of sp³-hybridized carbons (Fsp3) is 0.478. The molecule has 1 saturated heterocycles. The third-order valence-corrected chi connectivity index (χ3v) is 6.85. The summed E-state index contributed by atoms with van der Waals surface area (Å²) in [6, 6.07) is 13.8. The molecule has 4 rings (SSSR count). The number of rotatable bonds is 1. The minimum atomic E-state index is 0.154. The molecule has 3 heteroatoms. The Morgan fingerprint density at radius 1 is 1.15 bits per heavy atom. The summed E-state index contributed by atoms with van der Waals surface area (Å²) in [6.07, 6.45) is 2.56. The fourth-order valence-corrected chi connectivity index (χ4v) is 5.43. The molecule has 0 amide bonds. The summed E-state index contributed by atoms with van der Waals surface area (Å²) < 4.78 is 7.71. The monoisotopic (exact) mass is 461 g/mol. The number of aryl methyl sites for hydroxylation is 1. The molecule has 1 N–H and O–H groups in total. The smallest absolute Gasteiger partial charge is 0.0895 e. The Bertz CT molecular complexity index is 803. The topological polar surface area (TPSA) is 21.3 Å². The Morgan fingerprint density at radius 3 is 2.69 bits per heavy atom. The van der Waals surface area contributed by atoms with Gasteiger partial charge in [-0.15, -0.1) is 0 Å². The Balaban J connectivity index is 1.82. The molecule has 0 aromatic heterocycles. The molecule has 0 spiro atoms. The third-order valence-electron chi connectivity index (χ3n) is 5.91. The van der Waals surface area contributed by atoms with E-state index in [9.17, 15) is 0 Å². The Kier molecular flexibility index (Phi) is 4.81. The van der Waals surface area contributed by atoms with Crippen LogP contribution in [-0.4, -0.2) is 6.61 Å². The SMILES string of the molecule is Cc1cccc(I)c1C1Nc2ccc(C(C)(C)C)cc2C2OCCCC12. The second-order valence-electron chi connectivity index (χ2n) is 8.74. The van der Waals surface area contributed by atoms with Gasteiger partial charge in [-0.25, -0.2) is 0 Å². The minimum Gasteiger partial charge on any atom is -0.377 e. The molecule has 138 valence electrons. The van der Waals surface area contributed by atoms with Crippen LogP contribution in [0.1, 0.15) is 68.0 Å². The molecule has 2 aliphatic rings.